The van der Waals surface area contributed by atoms with Crippen molar-refractivity contribution in [2.75, 3.05) is 34.0 Å². The molecule has 1 fully saturated rings. The summed E-state index contributed by atoms with van der Waals surface area (Å²) in [6, 6.07) is 20.1. The van der Waals surface area contributed by atoms with Crippen molar-refractivity contribution in [1.29, 1.82) is 0 Å². The van der Waals surface area contributed by atoms with Gasteiger partial charge in [-0.25, -0.2) is 0 Å². The third-order valence-electron chi connectivity index (χ3n) is 7.99. The maximum Gasteiger partial charge on any atom is 0.251 e. The van der Waals surface area contributed by atoms with E-state index in [1.54, 1.807) is 0 Å². The van der Waals surface area contributed by atoms with Gasteiger partial charge in [0.2, 0.25) is 6.79 Å². The molecule has 5 rings (SSSR count). The predicted octanol–water partition coefficient (Wildman–Crippen LogP) is 5.90. The second-order valence-corrected chi connectivity index (χ2v) is 12.4. The summed E-state index contributed by atoms with van der Waals surface area (Å²) in [5.74, 6) is 1.64. The van der Waals surface area contributed by atoms with Gasteiger partial charge in [-0.3, -0.25) is 9.59 Å². The Bertz CT molecular complexity index is 1400. The van der Waals surface area contributed by atoms with Crippen LogP contribution in [-0.4, -0.2) is 50.6 Å². The summed E-state index contributed by atoms with van der Waals surface area (Å²) in [6.07, 6.45) is 3.00. The molecule has 0 saturated heterocycles. The summed E-state index contributed by atoms with van der Waals surface area (Å²) in [7, 11) is 4.06. The van der Waals surface area contributed by atoms with Crippen LogP contribution >= 0.6 is 0 Å². The van der Waals surface area contributed by atoms with Gasteiger partial charge in [-0.2, -0.15) is 0 Å². The van der Waals surface area contributed by atoms with E-state index in [0.29, 0.717) is 18.5 Å². The maximum absolute atomic E-state index is 13.7. The molecule has 0 atom stereocenters. The van der Waals surface area contributed by atoms with Gasteiger partial charge in [0.15, 0.2) is 11.5 Å². The Morgan fingerprint density at radius 3 is 2.33 bits per heavy atom. The van der Waals surface area contributed by atoms with E-state index in [2.05, 4.69) is 49.2 Å². The highest BCUT2D eigenvalue weighted by Crippen LogP contribution is 2.51. The molecule has 1 aliphatic heterocycles. The van der Waals surface area contributed by atoms with Gasteiger partial charge >= 0.3 is 0 Å². The Morgan fingerprint density at radius 1 is 0.925 bits per heavy atom. The van der Waals surface area contributed by atoms with Gasteiger partial charge < -0.3 is 19.7 Å². The SMILES string of the molecule is CN(C)CCCNC(=O)c1ccc(-c2cc(CC(=O)C3(c4ccc5c(c4)OCO5)CC3)ccc2C(C)(C)C)cc1. The third kappa shape index (κ3) is 5.92. The Kier molecular flexibility index (Phi) is 7.74. The van der Waals surface area contributed by atoms with Crippen LogP contribution in [0.4, 0.5) is 0 Å². The van der Waals surface area contributed by atoms with E-state index < -0.39 is 5.41 Å². The minimum Gasteiger partial charge on any atom is -0.454 e. The highest BCUT2D eigenvalue weighted by atomic mass is 16.7. The van der Waals surface area contributed by atoms with Crippen LogP contribution in [0.5, 0.6) is 11.5 Å². The van der Waals surface area contributed by atoms with Crippen molar-refractivity contribution in [2.45, 2.75) is 57.3 Å². The van der Waals surface area contributed by atoms with Crippen LogP contribution in [0.1, 0.15) is 67.1 Å². The molecule has 210 valence electrons. The van der Waals surface area contributed by atoms with Gasteiger partial charge in [0.1, 0.15) is 5.78 Å². The van der Waals surface area contributed by atoms with E-state index in [9.17, 15) is 9.59 Å². The monoisotopic (exact) mass is 540 g/mol. The summed E-state index contributed by atoms with van der Waals surface area (Å²) in [6.45, 7) is 8.41. The highest BCUT2D eigenvalue weighted by Gasteiger charge is 2.50. The fourth-order valence-electron chi connectivity index (χ4n) is 5.50. The topological polar surface area (TPSA) is 67.9 Å². The smallest absolute Gasteiger partial charge is 0.251 e. The number of fused-ring (bicyclic) bond motifs is 1. The molecule has 0 spiro atoms. The molecule has 3 aromatic rings. The highest BCUT2D eigenvalue weighted by molar-refractivity contribution is 5.96. The van der Waals surface area contributed by atoms with Crippen molar-refractivity contribution in [2.24, 2.45) is 0 Å². The van der Waals surface area contributed by atoms with E-state index in [-0.39, 0.29) is 23.9 Å². The Hall–Kier alpha value is -3.64. The van der Waals surface area contributed by atoms with Gasteiger partial charge in [-0.1, -0.05) is 57.2 Å². The van der Waals surface area contributed by atoms with Crippen LogP contribution in [0.2, 0.25) is 0 Å². The Labute approximate surface area is 237 Å². The number of hydrogen-bond donors (Lipinski definition) is 1. The van der Waals surface area contributed by atoms with E-state index in [4.69, 9.17) is 9.47 Å². The van der Waals surface area contributed by atoms with Crippen LogP contribution < -0.4 is 14.8 Å². The van der Waals surface area contributed by atoms with Crippen molar-refractivity contribution in [3.05, 3.63) is 82.9 Å². The lowest BCUT2D eigenvalue weighted by atomic mass is 9.80. The molecule has 3 aromatic carbocycles. The minimum atomic E-state index is -0.439. The van der Waals surface area contributed by atoms with E-state index >= 15 is 0 Å². The zero-order chi connectivity index (χ0) is 28.5. The van der Waals surface area contributed by atoms with Crippen LogP contribution in [0, 0.1) is 0 Å². The number of carbonyl (C=O) groups excluding carboxylic acids is 2. The lowest BCUT2D eigenvalue weighted by molar-refractivity contribution is -0.120. The zero-order valence-corrected chi connectivity index (χ0v) is 24.3. The van der Waals surface area contributed by atoms with Crippen LogP contribution in [-0.2, 0) is 22.0 Å². The maximum atomic E-state index is 13.7. The van der Waals surface area contributed by atoms with Gasteiger partial charge in [-0.05, 0) is 97.4 Å². The van der Waals surface area contributed by atoms with E-state index in [0.717, 1.165) is 59.6 Å². The second-order valence-electron chi connectivity index (χ2n) is 12.4. The van der Waals surface area contributed by atoms with Crippen LogP contribution in [0.15, 0.2) is 60.7 Å². The standard InChI is InChI=1S/C34H40N2O4/c1-33(2,3)28-13-7-23(20-31(37)34(15-16-34)26-12-14-29-30(21-26)40-22-39-29)19-27(28)24-8-10-25(11-9-24)32(38)35-17-6-18-36(4)5/h7-14,19,21H,6,15-18,20,22H2,1-5H3,(H,35,38). The first-order valence-corrected chi connectivity index (χ1v) is 14.2. The third-order valence-corrected chi connectivity index (χ3v) is 7.99. The number of carbonyl (C=O) groups is 2. The lowest BCUT2D eigenvalue weighted by Gasteiger charge is -2.24. The first kappa shape index (κ1) is 27.9. The molecular weight excluding hydrogens is 500 g/mol. The number of rotatable bonds is 10. The molecule has 1 aliphatic carbocycles. The van der Waals surface area contributed by atoms with Gasteiger partial charge in [0.25, 0.3) is 5.91 Å². The van der Waals surface area contributed by atoms with Crippen LogP contribution in [0.25, 0.3) is 11.1 Å². The van der Waals surface area contributed by atoms with E-state index in [1.165, 1.54) is 5.56 Å². The van der Waals surface area contributed by atoms with Crippen molar-refractivity contribution in [3.63, 3.8) is 0 Å². The molecule has 2 aliphatic rings. The fourth-order valence-corrected chi connectivity index (χ4v) is 5.50. The van der Waals surface area contributed by atoms with Gasteiger partial charge in [-0.15, -0.1) is 0 Å². The lowest BCUT2D eigenvalue weighted by Crippen LogP contribution is -2.27. The van der Waals surface area contributed by atoms with E-state index in [1.807, 2.05) is 56.6 Å². The molecule has 0 bridgehead atoms. The molecular formula is C34H40N2O4. The normalized spacial score (nSPS) is 15.2. The average molecular weight is 541 g/mol. The molecule has 1 saturated carbocycles. The van der Waals surface area contributed by atoms with Crippen LogP contribution in [0.3, 0.4) is 0 Å². The Balaban J connectivity index is 1.35. The number of benzene rings is 3. The number of nitrogens with zero attached hydrogens (tertiary/aromatic N) is 1. The average Bonchev–Trinajstić information content (AvgIpc) is 3.61. The van der Waals surface area contributed by atoms with Crippen molar-refractivity contribution in [1.82, 2.24) is 10.2 Å². The molecule has 0 unspecified atom stereocenters. The molecule has 1 heterocycles. The second kappa shape index (κ2) is 11.1. The van der Waals surface area contributed by atoms with Gasteiger partial charge in [0.05, 0.1) is 5.41 Å². The molecule has 6 heteroatoms. The van der Waals surface area contributed by atoms with Gasteiger partial charge in [0, 0.05) is 18.5 Å². The minimum absolute atomic E-state index is 0.0565. The number of amides is 1. The molecule has 40 heavy (non-hydrogen) atoms. The molecule has 1 amide bonds. The van der Waals surface area contributed by atoms with Crippen molar-refractivity contribution < 1.29 is 19.1 Å². The van der Waals surface area contributed by atoms with Crippen molar-refractivity contribution in [3.8, 4) is 22.6 Å². The number of hydrogen-bond acceptors (Lipinski definition) is 5. The summed E-state index contributed by atoms with van der Waals surface area (Å²) >= 11 is 0. The number of ether oxygens (including phenoxy) is 2. The predicted molar refractivity (Wildman–Crippen MR) is 158 cm³/mol. The number of ketones is 1. The summed E-state index contributed by atoms with van der Waals surface area (Å²) in [5.41, 5.74) is 5.50. The largest absolute Gasteiger partial charge is 0.454 e. The Morgan fingerprint density at radius 2 is 1.65 bits per heavy atom. The molecule has 0 aromatic heterocycles. The molecule has 0 radical (unpaired) electrons. The molecule has 1 N–H and O–H groups in total. The molecule has 6 nitrogen and oxygen atoms in total. The summed E-state index contributed by atoms with van der Waals surface area (Å²) in [5, 5.41) is 3.01. The summed E-state index contributed by atoms with van der Waals surface area (Å²) < 4.78 is 11.0. The summed E-state index contributed by atoms with van der Waals surface area (Å²) in [4.78, 5) is 28.4. The zero-order valence-electron chi connectivity index (χ0n) is 24.3. The first-order chi connectivity index (χ1) is 19.1. The fraction of sp³-hybridized carbons (Fsp3) is 0.412. The first-order valence-electron chi connectivity index (χ1n) is 14.2. The van der Waals surface area contributed by atoms with Crippen molar-refractivity contribution >= 4 is 11.7 Å². The number of Topliss-reactive ketones (excluding diaryl/α,β-unsaturated/α-hetero) is 1. The number of nitrogens with one attached hydrogen (secondary N) is 1. The quantitative estimate of drug-likeness (QED) is 0.324.